The summed E-state index contributed by atoms with van der Waals surface area (Å²) in [5.41, 5.74) is 1.40. The molecule has 0 aromatic heterocycles. The molecular formula is C15H19ClFN3O2. The molecule has 1 aromatic carbocycles. The van der Waals surface area contributed by atoms with Crippen molar-refractivity contribution in [2.45, 2.75) is 25.8 Å². The minimum absolute atomic E-state index is 0. The second kappa shape index (κ2) is 6.62. The quantitative estimate of drug-likeness (QED) is 0.823. The van der Waals surface area contributed by atoms with Gasteiger partial charge in [-0.25, -0.2) is 4.39 Å². The van der Waals surface area contributed by atoms with Crippen LogP contribution in [0, 0.1) is 5.82 Å². The maximum absolute atomic E-state index is 14.2. The Labute approximate surface area is 134 Å². The Morgan fingerprint density at radius 2 is 2.14 bits per heavy atom. The largest absolute Gasteiger partial charge is 0.336 e. The lowest BCUT2D eigenvalue weighted by Crippen LogP contribution is -2.51. The van der Waals surface area contributed by atoms with E-state index < -0.39 is 5.82 Å². The van der Waals surface area contributed by atoms with Crippen LogP contribution in [0.1, 0.15) is 29.3 Å². The number of fused-ring (bicyclic) bond motifs is 1. The van der Waals surface area contributed by atoms with Gasteiger partial charge in [-0.05, 0) is 31.0 Å². The highest BCUT2D eigenvalue weighted by molar-refractivity contribution is 5.98. The molecule has 5 nitrogen and oxygen atoms in total. The third-order valence-electron chi connectivity index (χ3n) is 3.97. The molecule has 2 amide bonds. The lowest BCUT2D eigenvalue weighted by atomic mass is 9.99. The topological polar surface area (TPSA) is 61.4 Å². The molecule has 0 saturated carbocycles. The maximum atomic E-state index is 14.2. The summed E-state index contributed by atoms with van der Waals surface area (Å²) in [6.45, 7) is 3.87. The number of amides is 2. The Bertz CT molecular complexity index is 609. The molecule has 1 fully saturated rings. The molecule has 120 valence electrons. The first kappa shape index (κ1) is 16.7. The predicted octanol–water partition coefficient (Wildman–Crippen LogP) is 1.57. The molecule has 0 aliphatic carbocycles. The van der Waals surface area contributed by atoms with Crippen LogP contribution in [0.5, 0.6) is 0 Å². The van der Waals surface area contributed by atoms with E-state index in [2.05, 4.69) is 10.6 Å². The molecule has 1 atom stereocenters. The Morgan fingerprint density at radius 3 is 2.86 bits per heavy atom. The number of rotatable bonds is 1. The zero-order valence-electron chi connectivity index (χ0n) is 12.3. The van der Waals surface area contributed by atoms with Crippen molar-refractivity contribution in [3.63, 3.8) is 0 Å². The first-order chi connectivity index (χ1) is 10.0. The van der Waals surface area contributed by atoms with Crippen LogP contribution in [-0.2, 0) is 11.2 Å². The highest BCUT2D eigenvalue weighted by Gasteiger charge is 2.26. The molecule has 2 aliphatic heterocycles. The zero-order chi connectivity index (χ0) is 15.0. The molecule has 0 spiro atoms. The normalized spacial score (nSPS) is 20.7. The SMILES string of the molecule is CC1CN(C(=O)c2cc3c(cc2F)NC(=O)CC3)CCN1.Cl. The fourth-order valence-corrected chi connectivity index (χ4v) is 2.85. The van der Waals surface area contributed by atoms with Crippen molar-refractivity contribution >= 4 is 29.9 Å². The Morgan fingerprint density at radius 1 is 1.36 bits per heavy atom. The van der Waals surface area contributed by atoms with Gasteiger partial charge in [-0.15, -0.1) is 12.4 Å². The van der Waals surface area contributed by atoms with Gasteiger partial charge in [-0.1, -0.05) is 0 Å². The molecule has 1 saturated heterocycles. The second-order valence-corrected chi connectivity index (χ2v) is 5.64. The van der Waals surface area contributed by atoms with Crippen LogP contribution in [0.4, 0.5) is 10.1 Å². The molecule has 2 heterocycles. The molecule has 1 unspecified atom stereocenters. The minimum atomic E-state index is -0.577. The summed E-state index contributed by atoms with van der Waals surface area (Å²) >= 11 is 0. The molecule has 0 radical (unpaired) electrons. The van der Waals surface area contributed by atoms with Crippen LogP contribution in [0.2, 0.25) is 0 Å². The number of hydrogen-bond acceptors (Lipinski definition) is 3. The maximum Gasteiger partial charge on any atom is 0.256 e. The number of aryl methyl sites for hydroxylation is 1. The average Bonchev–Trinajstić information content (AvgIpc) is 2.45. The molecular weight excluding hydrogens is 309 g/mol. The van der Waals surface area contributed by atoms with Crippen molar-refractivity contribution in [2.24, 2.45) is 0 Å². The molecule has 2 aliphatic rings. The van der Waals surface area contributed by atoms with Gasteiger partial charge in [-0.3, -0.25) is 9.59 Å². The van der Waals surface area contributed by atoms with Gasteiger partial charge in [0.1, 0.15) is 5.82 Å². The van der Waals surface area contributed by atoms with Crippen LogP contribution in [0.15, 0.2) is 12.1 Å². The summed E-state index contributed by atoms with van der Waals surface area (Å²) in [7, 11) is 0. The van der Waals surface area contributed by atoms with Crippen molar-refractivity contribution in [3.8, 4) is 0 Å². The molecule has 2 N–H and O–H groups in total. The molecule has 22 heavy (non-hydrogen) atoms. The van der Waals surface area contributed by atoms with Crippen LogP contribution < -0.4 is 10.6 Å². The third-order valence-corrected chi connectivity index (χ3v) is 3.97. The first-order valence-electron chi connectivity index (χ1n) is 7.19. The number of nitrogens with zero attached hydrogens (tertiary/aromatic N) is 1. The fourth-order valence-electron chi connectivity index (χ4n) is 2.85. The number of carbonyl (C=O) groups excluding carboxylic acids is 2. The number of nitrogens with one attached hydrogen (secondary N) is 2. The first-order valence-corrected chi connectivity index (χ1v) is 7.19. The van der Waals surface area contributed by atoms with E-state index in [1.807, 2.05) is 6.92 Å². The lowest BCUT2D eigenvalue weighted by molar-refractivity contribution is -0.116. The summed E-state index contributed by atoms with van der Waals surface area (Å²) in [6, 6.07) is 3.05. The van der Waals surface area contributed by atoms with Crippen molar-refractivity contribution < 1.29 is 14.0 Å². The number of benzene rings is 1. The Kier molecular flexibility index (Phi) is 5.03. The van der Waals surface area contributed by atoms with Crippen LogP contribution >= 0.6 is 12.4 Å². The van der Waals surface area contributed by atoms with E-state index >= 15 is 0 Å². The smallest absolute Gasteiger partial charge is 0.256 e. The molecule has 7 heteroatoms. The number of hydrogen-bond donors (Lipinski definition) is 2. The number of piperazine rings is 1. The highest BCUT2D eigenvalue weighted by atomic mass is 35.5. The van der Waals surface area contributed by atoms with Gasteiger partial charge in [0.25, 0.3) is 5.91 Å². The van der Waals surface area contributed by atoms with Gasteiger partial charge in [-0.2, -0.15) is 0 Å². The number of anilines is 1. The highest BCUT2D eigenvalue weighted by Crippen LogP contribution is 2.26. The zero-order valence-corrected chi connectivity index (χ0v) is 13.1. The van der Waals surface area contributed by atoms with E-state index in [1.165, 1.54) is 6.07 Å². The van der Waals surface area contributed by atoms with Crippen LogP contribution in [0.25, 0.3) is 0 Å². The van der Waals surface area contributed by atoms with E-state index in [0.29, 0.717) is 31.6 Å². The van der Waals surface area contributed by atoms with Gasteiger partial charge in [0, 0.05) is 37.8 Å². The average molecular weight is 328 g/mol. The fraction of sp³-hybridized carbons (Fsp3) is 0.467. The van der Waals surface area contributed by atoms with E-state index in [9.17, 15) is 14.0 Å². The van der Waals surface area contributed by atoms with Crippen molar-refractivity contribution in [1.82, 2.24) is 10.2 Å². The summed E-state index contributed by atoms with van der Waals surface area (Å²) in [6.07, 6.45) is 0.913. The summed E-state index contributed by atoms with van der Waals surface area (Å²) in [5, 5.41) is 5.89. The van der Waals surface area contributed by atoms with E-state index in [1.54, 1.807) is 11.0 Å². The van der Waals surface area contributed by atoms with Gasteiger partial charge < -0.3 is 15.5 Å². The summed E-state index contributed by atoms with van der Waals surface area (Å²) in [4.78, 5) is 25.5. The second-order valence-electron chi connectivity index (χ2n) is 5.64. The van der Waals surface area contributed by atoms with Gasteiger partial charge in [0.2, 0.25) is 5.91 Å². The number of carbonyl (C=O) groups is 2. The van der Waals surface area contributed by atoms with Crippen molar-refractivity contribution in [1.29, 1.82) is 0 Å². The predicted molar refractivity (Wildman–Crippen MR) is 84.0 cm³/mol. The van der Waals surface area contributed by atoms with Gasteiger partial charge in [0.15, 0.2) is 0 Å². The minimum Gasteiger partial charge on any atom is -0.336 e. The molecule has 1 aromatic rings. The van der Waals surface area contributed by atoms with Gasteiger partial charge >= 0.3 is 0 Å². The van der Waals surface area contributed by atoms with E-state index in [0.717, 1.165) is 12.1 Å². The Balaban J connectivity index is 0.00000176. The number of halogens is 2. The third kappa shape index (κ3) is 3.23. The Hall–Kier alpha value is -1.66. The summed E-state index contributed by atoms with van der Waals surface area (Å²) < 4.78 is 14.2. The van der Waals surface area contributed by atoms with Gasteiger partial charge in [0.05, 0.1) is 5.56 Å². The monoisotopic (exact) mass is 327 g/mol. The van der Waals surface area contributed by atoms with Crippen molar-refractivity contribution in [2.75, 3.05) is 25.0 Å². The van der Waals surface area contributed by atoms with Crippen LogP contribution in [0.3, 0.4) is 0 Å². The van der Waals surface area contributed by atoms with Crippen LogP contribution in [-0.4, -0.2) is 42.4 Å². The lowest BCUT2D eigenvalue weighted by Gasteiger charge is -2.32. The molecule has 0 bridgehead atoms. The van der Waals surface area contributed by atoms with E-state index in [-0.39, 0.29) is 35.8 Å². The van der Waals surface area contributed by atoms with E-state index in [4.69, 9.17) is 0 Å². The summed E-state index contributed by atoms with van der Waals surface area (Å²) in [5.74, 6) is -0.968. The van der Waals surface area contributed by atoms with Crippen molar-refractivity contribution in [3.05, 3.63) is 29.1 Å². The standard InChI is InChI=1S/C15H18FN3O2.ClH/c1-9-8-19(5-4-17-9)15(21)11-6-10-2-3-14(20)18-13(10)7-12(11)16;/h6-7,9,17H,2-5,8H2,1H3,(H,18,20);1H. The molecule has 3 rings (SSSR count).